The quantitative estimate of drug-likeness (QED) is 0.879. The highest BCUT2D eigenvalue weighted by molar-refractivity contribution is 7.89. The minimum absolute atomic E-state index is 0.0628. The van der Waals surface area contributed by atoms with E-state index in [9.17, 15) is 21.6 Å². The van der Waals surface area contributed by atoms with Crippen molar-refractivity contribution < 1.29 is 26.3 Å². The summed E-state index contributed by atoms with van der Waals surface area (Å²) in [5.41, 5.74) is 0.515. The summed E-state index contributed by atoms with van der Waals surface area (Å²) in [5.74, 6) is -0.605. The van der Waals surface area contributed by atoms with Crippen LogP contribution in [0.15, 0.2) is 41.7 Å². The molecule has 0 saturated heterocycles. The molecule has 0 unspecified atom stereocenters. The van der Waals surface area contributed by atoms with Gasteiger partial charge in [-0.1, -0.05) is 6.07 Å². The zero-order valence-corrected chi connectivity index (χ0v) is 11.2. The second-order valence-corrected chi connectivity index (χ2v) is 5.69. The van der Waals surface area contributed by atoms with Crippen molar-refractivity contribution >= 4 is 10.0 Å². The van der Waals surface area contributed by atoms with Gasteiger partial charge in [0, 0.05) is 18.0 Å². The Morgan fingerprint density at radius 3 is 2.71 bits per heavy atom. The van der Waals surface area contributed by atoms with Crippen molar-refractivity contribution in [2.24, 2.45) is 0 Å². The average molecular weight is 321 g/mol. The smallest absolute Gasteiger partial charge is 0.406 e. The number of alkyl halides is 3. The number of H-pyrrole nitrogens is 1. The average Bonchev–Trinajstić information content (AvgIpc) is 2.88. The van der Waals surface area contributed by atoms with Crippen LogP contribution in [0.2, 0.25) is 0 Å². The lowest BCUT2D eigenvalue weighted by molar-refractivity contribution is -0.274. The van der Waals surface area contributed by atoms with Gasteiger partial charge in [-0.2, -0.15) is 0 Å². The van der Waals surface area contributed by atoms with Crippen molar-refractivity contribution in [3.8, 4) is 5.75 Å². The van der Waals surface area contributed by atoms with Crippen LogP contribution in [0.3, 0.4) is 0 Å². The van der Waals surface area contributed by atoms with Crippen LogP contribution in [0, 0.1) is 0 Å². The number of nitrogens with one attached hydrogen (secondary N) is 2. The first-order valence-corrected chi connectivity index (χ1v) is 7.07. The Morgan fingerprint density at radius 1 is 1.33 bits per heavy atom. The Balaban J connectivity index is 2.14. The number of sulfonamides is 1. The van der Waals surface area contributed by atoms with Gasteiger partial charge in [0.25, 0.3) is 0 Å². The lowest BCUT2D eigenvalue weighted by Gasteiger charge is -2.10. The zero-order valence-electron chi connectivity index (χ0n) is 10.4. The predicted molar refractivity (Wildman–Crippen MR) is 65.7 cm³/mol. The molecular weight excluding hydrogens is 311 g/mol. The van der Waals surface area contributed by atoms with Crippen molar-refractivity contribution in [1.29, 1.82) is 0 Å². The van der Waals surface area contributed by atoms with Crippen molar-refractivity contribution in [3.05, 3.63) is 42.5 Å². The Hall–Kier alpha value is -2.07. The van der Waals surface area contributed by atoms with Gasteiger partial charge in [0.2, 0.25) is 10.0 Å². The lowest BCUT2D eigenvalue weighted by atomic mass is 10.3. The Bertz CT molecular complexity index is 699. The first-order chi connectivity index (χ1) is 9.76. The molecule has 10 heteroatoms. The molecule has 2 aromatic rings. The number of aromatic amines is 1. The Morgan fingerprint density at radius 2 is 2.10 bits per heavy atom. The summed E-state index contributed by atoms with van der Waals surface area (Å²) in [6.45, 7) is -0.0628. The van der Waals surface area contributed by atoms with Gasteiger partial charge in [-0.3, -0.25) is 0 Å². The van der Waals surface area contributed by atoms with Crippen molar-refractivity contribution in [2.45, 2.75) is 17.8 Å². The van der Waals surface area contributed by atoms with Gasteiger partial charge in [0.1, 0.15) is 5.75 Å². The topological polar surface area (TPSA) is 84.1 Å². The van der Waals surface area contributed by atoms with Gasteiger partial charge in [-0.15, -0.1) is 13.2 Å². The molecule has 0 radical (unpaired) electrons. The standard InChI is InChI=1S/C11H10F3N3O3S/c12-11(13,14)20-9-2-1-3-10(4-9)21(18,19)17-6-8-5-15-7-16-8/h1-5,7,17H,6H2,(H,15,16). The molecule has 0 spiro atoms. The van der Waals surface area contributed by atoms with Gasteiger partial charge in [-0.25, -0.2) is 18.1 Å². The molecule has 21 heavy (non-hydrogen) atoms. The highest BCUT2D eigenvalue weighted by atomic mass is 32.2. The monoisotopic (exact) mass is 321 g/mol. The number of imidazole rings is 1. The molecule has 0 bridgehead atoms. The molecular formula is C11H10F3N3O3S. The SMILES string of the molecule is O=S(=O)(NCc1cnc[nH]1)c1cccc(OC(F)(F)F)c1. The number of halogens is 3. The minimum Gasteiger partial charge on any atom is -0.406 e. The molecule has 2 N–H and O–H groups in total. The second kappa shape index (κ2) is 5.74. The van der Waals surface area contributed by atoms with Crippen LogP contribution in [0.4, 0.5) is 13.2 Å². The summed E-state index contributed by atoms with van der Waals surface area (Å²) >= 11 is 0. The molecule has 114 valence electrons. The number of aromatic nitrogens is 2. The Kier molecular flexibility index (Phi) is 4.19. The highest BCUT2D eigenvalue weighted by Crippen LogP contribution is 2.24. The van der Waals surface area contributed by atoms with E-state index in [0.717, 1.165) is 18.2 Å². The number of benzene rings is 1. The number of rotatable bonds is 5. The van der Waals surface area contributed by atoms with Crippen LogP contribution in [0.25, 0.3) is 0 Å². The van der Waals surface area contributed by atoms with E-state index in [1.807, 2.05) is 0 Å². The molecule has 2 rings (SSSR count). The maximum absolute atomic E-state index is 12.1. The van der Waals surface area contributed by atoms with E-state index < -0.39 is 22.1 Å². The molecule has 0 amide bonds. The molecule has 0 aliphatic rings. The summed E-state index contributed by atoms with van der Waals surface area (Å²) in [6.07, 6.45) is -2.08. The molecule has 1 aromatic carbocycles. The summed E-state index contributed by atoms with van der Waals surface area (Å²) in [6, 6.07) is 4.13. The van der Waals surface area contributed by atoms with Gasteiger partial charge in [0.15, 0.2) is 0 Å². The van der Waals surface area contributed by atoms with Crippen LogP contribution >= 0.6 is 0 Å². The Labute approximate surface area is 118 Å². The fourth-order valence-corrected chi connectivity index (χ4v) is 2.52. The van der Waals surface area contributed by atoms with Crippen LogP contribution in [0.5, 0.6) is 5.75 Å². The normalized spacial score (nSPS) is 12.3. The molecule has 0 fully saturated rings. The minimum atomic E-state index is -4.88. The molecule has 6 nitrogen and oxygen atoms in total. The van der Waals surface area contributed by atoms with Crippen LogP contribution in [-0.4, -0.2) is 24.7 Å². The summed E-state index contributed by atoms with van der Waals surface area (Å²) < 4.78 is 66.2. The third-order valence-corrected chi connectivity index (χ3v) is 3.76. The van der Waals surface area contributed by atoms with Crippen molar-refractivity contribution in [3.63, 3.8) is 0 Å². The fourth-order valence-electron chi connectivity index (χ4n) is 1.48. The van der Waals surface area contributed by atoms with E-state index in [1.54, 1.807) is 0 Å². The third-order valence-electron chi connectivity index (χ3n) is 2.36. The van der Waals surface area contributed by atoms with Gasteiger partial charge in [0.05, 0.1) is 17.8 Å². The molecule has 1 heterocycles. The number of hydrogen-bond donors (Lipinski definition) is 2. The van der Waals surface area contributed by atoms with Crippen molar-refractivity contribution in [2.75, 3.05) is 0 Å². The van der Waals surface area contributed by atoms with Gasteiger partial charge < -0.3 is 9.72 Å². The van der Waals surface area contributed by atoms with Crippen LogP contribution in [0.1, 0.15) is 5.69 Å². The van der Waals surface area contributed by atoms with E-state index in [2.05, 4.69) is 19.4 Å². The molecule has 0 aliphatic heterocycles. The van der Waals surface area contributed by atoms with E-state index in [0.29, 0.717) is 5.69 Å². The zero-order chi connectivity index (χ0) is 15.5. The fraction of sp³-hybridized carbons (Fsp3) is 0.182. The molecule has 0 atom stereocenters. The van der Waals surface area contributed by atoms with E-state index >= 15 is 0 Å². The lowest BCUT2D eigenvalue weighted by Crippen LogP contribution is -2.23. The highest BCUT2D eigenvalue weighted by Gasteiger charge is 2.31. The van der Waals surface area contributed by atoms with E-state index in [1.165, 1.54) is 18.6 Å². The third kappa shape index (κ3) is 4.46. The molecule has 0 aliphatic carbocycles. The number of hydrogen-bond acceptors (Lipinski definition) is 4. The second-order valence-electron chi connectivity index (χ2n) is 3.92. The number of nitrogens with zero attached hydrogens (tertiary/aromatic N) is 1. The van der Waals surface area contributed by atoms with E-state index in [-0.39, 0.29) is 11.4 Å². The van der Waals surface area contributed by atoms with Gasteiger partial charge >= 0.3 is 6.36 Å². The summed E-state index contributed by atoms with van der Waals surface area (Å²) in [7, 11) is -3.96. The molecule has 0 saturated carbocycles. The maximum Gasteiger partial charge on any atom is 0.573 e. The largest absolute Gasteiger partial charge is 0.573 e. The first kappa shape index (κ1) is 15.3. The van der Waals surface area contributed by atoms with Crippen LogP contribution < -0.4 is 9.46 Å². The van der Waals surface area contributed by atoms with Crippen LogP contribution in [-0.2, 0) is 16.6 Å². The maximum atomic E-state index is 12.1. The predicted octanol–water partition coefficient (Wildman–Crippen LogP) is 1.79. The molecule has 1 aromatic heterocycles. The van der Waals surface area contributed by atoms with E-state index in [4.69, 9.17) is 0 Å². The number of ether oxygens (including phenoxy) is 1. The van der Waals surface area contributed by atoms with Gasteiger partial charge in [-0.05, 0) is 12.1 Å². The summed E-state index contributed by atoms with van der Waals surface area (Å²) in [4.78, 5) is 6.08. The summed E-state index contributed by atoms with van der Waals surface area (Å²) in [5, 5.41) is 0. The first-order valence-electron chi connectivity index (χ1n) is 5.59. The van der Waals surface area contributed by atoms with Crippen molar-refractivity contribution in [1.82, 2.24) is 14.7 Å².